The highest BCUT2D eigenvalue weighted by Crippen LogP contribution is 2.49. The Bertz CT molecular complexity index is 872. The summed E-state index contributed by atoms with van der Waals surface area (Å²) in [5.41, 5.74) is 8.93. The van der Waals surface area contributed by atoms with Crippen molar-refractivity contribution in [3.05, 3.63) is 70.8 Å². The average molecular weight is 446 g/mol. The van der Waals surface area contributed by atoms with E-state index >= 15 is 0 Å². The SMILES string of the molecule is C[C@@H](OCC1(c2ccccc2)CC(N)(CN)C1)c1cc(C(F)(F)F)cc(C(F)(F)F)c1. The van der Waals surface area contributed by atoms with E-state index in [1.807, 2.05) is 30.3 Å². The first kappa shape index (κ1) is 23.6. The lowest BCUT2D eigenvalue weighted by molar-refractivity contribution is -0.143. The molecule has 0 radical (unpaired) electrons. The minimum atomic E-state index is -4.91. The van der Waals surface area contributed by atoms with Crippen molar-refractivity contribution in [2.24, 2.45) is 11.5 Å². The van der Waals surface area contributed by atoms with Crippen molar-refractivity contribution in [2.45, 2.75) is 49.2 Å². The van der Waals surface area contributed by atoms with E-state index in [9.17, 15) is 26.3 Å². The Balaban J connectivity index is 1.86. The first-order valence-electron chi connectivity index (χ1n) is 9.74. The molecule has 31 heavy (non-hydrogen) atoms. The molecule has 0 amide bonds. The minimum absolute atomic E-state index is 0.0920. The zero-order valence-corrected chi connectivity index (χ0v) is 16.9. The third-order valence-corrected chi connectivity index (χ3v) is 5.86. The Morgan fingerprint density at radius 2 is 1.45 bits per heavy atom. The predicted molar refractivity (Wildman–Crippen MR) is 104 cm³/mol. The lowest BCUT2D eigenvalue weighted by Crippen LogP contribution is -2.65. The fourth-order valence-corrected chi connectivity index (χ4v) is 4.22. The molecule has 1 aliphatic rings. The molecule has 1 fully saturated rings. The van der Waals surface area contributed by atoms with Gasteiger partial charge in [0.1, 0.15) is 0 Å². The monoisotopic (exact) mass is 446 g/mol. The predicted octanol–water partition coefficient (Wildman–Crippen LogP) is 5.19. The summed E-state index contributed by atoms with van der Waals surface area (Å²) < 4.78 is 84.7. The number of nitrogens with two attached hydrogens (primary N) is 2. The van der Waals surface area contributed by atoms with E-state index in [1.54, 1.807) is 0 Å². The Morgan fingerprint density at radius 1 is 0.935 bits per heavy atom. The summed E-state index contributed by atoms with van der Waals surface area (Å²) in [5, 5.41) is 0. The molecule has 3 rings (SSSR count). The van der Waals surface area contributed by atoms with Crippen LogP contribution < -0.4 is 11.5 Å². The lowest BCUT2D eigenvalue weighted by Gasteiger charge is -2.54. The third kappa shape index (κ3) is 5.05. The molecule has 0 aliphatic heterocycles. The maximum absolute atomic E-state index is 13.2. The van der Waals surface area contributed by atoms with Gasteiger partial charge >= 0.3 is 12.4 Å². The van der Waals surface area contributed by atoms with Crippen molar-refractivity contribution >= 4 is 0 Å². The van der Waals surface area contributed by atoms with E-state index in [1.165, 1.54) is 6.92 Å². The maximum Gasteiger partial charge on any atom is 0.416 e. The van der Waals surface area contributed by atoms with Crippen molar-refractivity contribution in [1.29, 1.82) is 0 Å². The molecule has 1 saturated carbocycles. The highest BCUT2D eigenvalue weighted by molar-refractivity contribution is 5.35. The Hall–Kier alpha value is -2.10. The number of benzene rings is 2. The van der Waals surface area contributed by atoms with E-state index in [0.717, 1.165) is 5.56 Å². The first-order chi connectivity index (χ1) is 14.3. The van der Waals surface area contributed by atoms with Gasteiger partial charge in [0.05, 0.1) is 23.8 Å². The van der Waals surface area contributed by atoms with Gasteiger partial charge < -0.3 is 16.2 Å². The third-order valence-electron chi connectivity index (χ3n) is 5.86. The van der Waals surface area contributed by atoms with Gasteiger partial charge in [-0.05, 0) is 49.1 Å². The molecule has 0 spiro atoms. The normalized spacial score (nSPS) is 25.2. The fourth-order valence-electron chi connectivity index (χ4n) is 4.22. The van der Waals surface area contributed by atoms with Crippen LogP contribution in [0.2, 0.25) is 0 Å². The Kier molecular flexibility index (Phi) is 6.16. The second kappa shape index (κ2) is 8.11. The van der Waals surface area contributed by atoms with Crippen LogP contribution >= 0.6 is 0 Å². The van der Waals surface area contributed by atoms with Gasteiger partial charge in [-0.25, -0.2) is 0 Å². The van der Waals surface area contributed by atoms with E-state index in [-0.39, 0.29) is 24.8 Å². The number of hydrogen-bond donors (Lipinski definition) is 2. The second-order valence-corrected chi connectivity index (χ2v) is 8.36. The standard InChI is InChI=1S/C22H24F6N2O/c1-14(15-7-17(21(23,24)25)9-18(8-15)22(26,27)28)31-13-19(10-20(30,11-19)12-29)16-5-3-2-4-6-16/h2-9,14H,10-13,29-30H2,1H3/t14-,19?,20?/m1/s1. The zero-order valence-electron chi connectivity index (χ0n) is 16.9. The molecule has 9 heteroatoms. The largest absolute Gasteiger partial charge is 0.416 e. The summed E-state index contributed by atoms with van der Waals surface area (Å²) >= 11 is 0. The quantitative estimate of drug-likeness (QED) is 0.601. The van der Waals surface area contributed by atoms with Crippen LogP contribution in [-0.4, -0.2) is 18.7 Å². The highest BCUT2D eigenvalue weighted by atomic mass is 19.4. The molecular weight excluding hydrogens is 422 g/mol. The van der Waals surface area contributed by atoms with Crippen molar-refractivity contribution in [1.82, 2.24) is 0 Å². The Morgan fingerprint density at radius 3 is 1.90 bits per heavy atom. The number of halogens is 6. The summed E-state index contributed by atoms with van der Waals surface area (Å²) in [7, 11) is 0. The molecule has 0 unspecified atom stereocenters. The van der Waals surface area contributed by atoms with Gasteiger partial charge in [-0.3, -0.25) is 0 Å². The summed E-state index contributed by atoms with van der Waals surface area (Å²) in [5.74, 6) is 0. The highest BCUT2D eigenvalue weighted by Gasteiger charge is 2.53. The molecule has 1 aliphatic carbocycles. The summed E-state index contributed by atoms with van der Waals surface area (Å²) in [4.78, 5) is 0. The topological polar surface area (TPSA) is 61.3 Å². The fraction of sp³-hybridized carbons (Fsp3) is 0.455. The molecule has 170 valence electrons. The summed E-state index contributed by atoms with van der Waals surface area (Å²) in [6.07, 6.45) is -9.80. The maximum atomic E-state index is 13.2. The zero-order chi connectivity index (χ0) is 23.1. The molecule has 0 saturated heterocycles. The van der Waals surface area contributed by atoms with Crippen LogP contribution in [0.1, 0.15) is 48.1 Å². The van der Waals surface area contributed by atoms with Crippen molar-refractivity contribution in [2.75, 3.05) is 13.2 Å². The van der Waals surface area contributed by atoms with E-state index in [2.05, 4.69) is 0 Å². The van der Waals surface area contributed by atoms with Gasteiger partial charge in [0.25, 0.3) is 0 Å². The van der Waals surface area contributed by atoms with Gasteiger partial charge in [-0.2, -0.15) is 26.3 Å². The lowest BCUT2D eigenvalue weighted by atomic mass is 9.55. The minimum Gasteiger partial charge on any atom is -0.373 e. The second-order valence-electron chi connectivity index (χ2n) is 8.36. The molecular formula is C22H24F6N2O. The smallest absolute Gasteiger partial charge is 0.373 e. The van der Waals surface area contributed by atoms with Gasteiger partial charge in [0, 0.05) is 17.5 Å². The number of alkyl halides is 6. The van der Waals surface area contributed by atoms with Crippen molar-refractivity contribution in [3.8, 4) is 0 Å². The van der Waals surface area contributed by atoms with Crippen LogP contribution in [0.25, 0.3) is 0 Å². The van der Waals surface area contributed by atoms with Crippen LogP contribution in [0, 0.1) is 0 Å². The van der Waals surface area contributed by atoms with Crippen LogP contribution in [0.5, 0.6) is 0 Å². The average Bonchev–Trinajstić information content (AvgIpc) is 2.69. The van der Waals surface area contributed by atoms with Crippen LogP contribution in [0.4, 0.5) is 26.3 Å². The van der Waals surface area contributed by atoms with Gasteiger partial charge in [-0.1, -0.05) is 30.3 Å². The molecule has 2 aromatic rings. The number of rotatable bonds is 6. The molecule has 1 atom stereocenters. The van der Waals surface area contributed by atoms with Gasteiger partial charge in [0.2, 0.25) is 0 Å². The number of ether oxygens (including phenoxy) is 1. The molecule has 4 N–H and O–H groups in total. The van der Waals surface area contributed by atoms with Gasteiger partial charge in [-0.15, -0.1) is 0 Å². The Labute approximate surface area is 176 Å². The molecule has 0 aromatic heterocycles. The van der Waals surface area contributed by atoms with Crippen molar-refractivity contribution in [3.63, 3.8) is 0 Å². The van der Waals surface area contributed by atoms with E-state index in [0.29, 0.717) is 25.0 Å². The van der Waals surface area contributed by atoms with Gasteiger partial charge in [0.15, 0.2) is 0 Å². The van der Waals surface area contributed by atoms with Crippen molar-refractivity contribution < 1.29 is 31.1 Å². The van der Waals surface area contributed by atoms with Crippen LogP contribution in [0.15, 0.2) is 48.5 Å². The first-order valence-corrected chi connectivity index (χ1v) is 9.74. The number of hydrogen-bond acceptors (Lipinski definition) is 3. The summed E-state index contributed by atoms with van der Waals surface area (Å²) in [6.45, 7) is 1.79. The van der Waals surface area contributed by atoms with E-state index < -0.39 is 40.5 Å². The van der Waals surface area contributed by atoms with Crippen LogP contribution in [0.3, 0.4) is 0 Å². The molecule has 3 nitrogen and oxygen atoms in total. The molecule has 2 aromatic carbocycles. The summed E-state index contributed by atoms with van der Waals surface area (Å²) in [6, 6.07) is 10.8. The molecule has 0 bridgehead atoms. The van der Waals surface area contributed by atoms with Crippen LogP contribution in [-0.2, 0) is 22.5 Å². The van der Waals surface area contributed by atoms with E-state index in [4.69, 9.17) is 16.2 Å². The molecule has 0 heterocycles.